The van der Waals surface area contributed by atoms with Gasteiger partial charge in [-0.3, -0.25) is 14.6 Å². The van der Waals surface area contributed by atoms with Crippen LogP contribution in [0, 0.1) is 0 Å². The highest BCUT2D eigenvalue weighted by atomic mass is 16.5. The number of fused-ring (bicyclic) bond motifs is 1. The minimum atomic E-state index is -0.190. The van der Waals surface area contributed by atoms with Crippen LogP contribution < -0.4 is 10.1 Å². The fourth-order valence-electron chi connectivity index (χ4n) is 3.27. The first-order valence-corrected chi connectivity index (χ1v) is 10.1. The minimum absolute atomic E-state index is 0.00698. The number of aromatic nitrogens is 1. The second kappa shape index (κ2) is 9.67. The van der Waals surface area contributed by atoms with E-state index in [1.807, 2.05) is 60.7 Å². The number of benzene rings is 3. The first kappa shape index (κ1) is 20.3. The van der Waals surface area contributed by atoms with Crippen molar-refractivity contribution in [2.24, 2.45) is 0 Å². The molecule has 1 amide bonds. The maximum Gasteiger partial charge on any atom is 0.251 e. The van der Waals surface area contributed by atoms with Crippen LogP contribution in [0.15, 0.2) is 91.1 Å². The van der Waals surface area contributed by atoms with Crippen molar-refractivity contribution < 1.29 is 14.3 Å². The fraction of sp³-hybridized carbons (Fsp3) is 0.115. The molecule has 4 aromatic rings. The third-order valence-electron chi connectivity index (χ3n) is 4.89. The van der Waals surface area contributed by atoms with E-state index >= 15 is 0 Å². The maximum atomic E-state index is 12.3. The summed E-state index contributed by atoms with van der Waals surface area (Å²) in [6, 6.07) is 26.4. The van der Waals surface area contributed by atoms with Crippen LogP contribution in [0.5, 0.6) is 5.75 Å². The summed E-state index contributed by atoms with van der Waals surface area (Å²) in [5, 5.41) is 5.10. The number of nitrogens with zero attached hydrogens (tertiary/aromatic N) is 1. The summed E-state index contributed by atoms with van der Waals surface area (Å²) in [5.41, 5.74) is 2.28. The van der Waals surface area contributed by atoms with Gasteiger partial charge in [-0.2, -0.15) is 0 Å². The van der Waals surface area contributed by atoms with Crippen molar-refractivity contribution in [1.82, 2.24) is 10.3 Å². The summed E-state index contributed by atoms with van der Waals surface area (Å²) in [4.78, 5) is 28.8. The van der Waals surface area contributed by atoms with Crippen LogP contribution in [0.25, 0.3) is 10.8 Å². The predicted octanol–water partition coefficient (Wildman–Crippen LogP) is 4.36. The molecule has 0 saturated carbocycles. The van der Waals surface area contributed by atoms with Gasteiger partial charge in [0.25, 0.3) is 5.91 Å². The number of ether oxygens (including phenoxy) is 1. The Labute approximate surface area is 180 Å². The molecule has 0 aliphatic carbocycles. The lowest BCUT2D eigenvalue weighted by molar-refractivity contribution is -0.120. The number of Topliss-reactive ketones (excluding diaryl/α,β-unsaturated/α-hetero) is 1. The number of amides is 1. The van der Waals surface area contributed by atoms with Gasteiger partial charge in [0.2, 0.25) is 0 Å². The van der Waals surface area contributed by atoms with Crippen molar-refractivity contribution in [3.63, 3.8) is 0 Å². The van der Waals surface area contributed by atoms with Gasteiger partial charge in [0.1, 0.15) is 12.4 Å². The first-order valence-electron chi connectivity index (χ1n) is 10.1. The van der Waals surface area contributed by atoms with Gasteiger partial charge in [0, 0.05) is 18.2 Å². The number of carbonyl (C=O) groups is 2. The van der Waals surface area contributed by atoms with Crippen LogP contribution in [0.4, 0.5) is 0 Å². The second-order valence-corrected chi connectivity index (χ2v) is 7.21. The van der Waals surface area contributed by atoms with Gasteiger partial charge in [-0.1, -0.05) is 48.5 Å². The molecule has 4 rings (SSSR count). The van der Waals surface area contributed by atoms with Crippen LogP contribution in [0.1, 0.15) is 21.6 Å². The van der Waals surface area contributed by atoms with Gasteiger partial charge in [-0.25, -0.2) is 0 Å². The highest BCUT2D eigenvalue weighted by molar-refractivity contribution is 5.94. The molecule has 1 aromatic heterocycles. The normalized spacial score (nSPS) is 10.6. The highest BCUT2D eigenvalue weighted by Gasteiger charge is 2.08. The van der Waals surface area contributed by atoms with Crippen LogP contribution in [0.2, 0.25) is 0 Å². The molecule has 0 aliphatic heterocycles. The monoisotopic (exact) mass is 410 g/mol. The predicted molar refractivity (Wildman–Crippen MR) is 120 cm³/mol. The molecule has 5 heteroatoms. The molecular weight excluding hydrogens is 388 g/mol. The number of hydrogen-bond donors (Lipinski definition) is 1. The summed E-state index contributed by atoms with van der Waals surface area (Å²) >= 11 is 0. The Morgan fingerprint density at radius 3 is 2.39 bits per heavy atom. The molecule has 0 radical (unpaired) electrons. The van der Waals surface area contributed by atoms with Gasteiger partial charge < -0.3 is 10.1 Å². The zero-order chi connectivity index (χ0) is 21.5. The Bertz CT molecular complexity index is 1190. The molecule has 0 bridgehead atoms. The average Bonchev–Trinajstić information content (AvgIpc) is 2.82. The van der Waals surface area contributed by atoms with Gasteiger partial charge >= 0.3 is 0 Å². The molecule has 3 aromatic carbocycles. The van der Waals surface area contributed by atoms with Crippen LogP contribution in [0.3, 0.4) is 0 Å². The van der Waals surface area contributed by atoms with Crippen LogP contribution in [-0.2, 0) is 17.8 Å². The Balaban J connectivity index is 1.27. The molecule has 0 aliphatic rings. The second-order valence-electron chi connectivity index (χ2n) is 7.21. The standard InChI is InChI=1S/C26H22N2O3/c29-24(16-19-8-9-20-5-1-2-6-22(20)15-19)18-31-25-12-10-21(11-13-25)26(30)28-17-23-7-3-4-14-27-23/h1-15H,16-18H2,(H,28,30). The number of ketones is 1. The summed E-state index contributed by atoms with van der Waals surface area (Å²) in [6.07, 6.45) is 2.01. The average molecular weight is 410 g/mol. The Kier molecular flexibility index (Phi) is 6.33. The van der Waals surface area contributed by atoms with Crippen molar-refractivity contribution in [2.75, 3.05) is 6.61 Å². The zero-order valence-electron chi connectivity index (χ0n) is 17.0. The van der Waals surface area contributed by atoms with E-state index in [0.29, 0.717) is 24.3 Å². The number of rotatable bonds is 8. The summed E-state index contributed by atoms with van der Waals surface area (Å²) in [5.74, 6) is 0.352. The van der Waals surface area contributed by atoms with Crippen molar-refractivity contribution >= 4 is 22.5 Å². The van der Waals surface area contributed by atoms with E-state index in [4.69, 9.17) is 4.74 Å². The minimum Gasteiger partial charge on any atom is -0.486 e. The number of hydrogen-bond acceptors (Lipinski definition) is 4. The smallest absolute Gasteiger partial charge is 0.251 e. The van der Waals surface area contributed by atoms with Crippen LogP contribution in [-0.4, -0.2) is 23.3 Å². The Morgan fingerprint density at radius 1 is 0.839 bits per heavy atom. The van der Waals surface area contributed by atoms with E-state index in [1.54, 1.807) is 30.5 Å². The van der Waals surface area contributed by atoms with Crippen molar-refractivity contribution in [2.45, 2.75) is 13.0 Å². The molecule has 0 fully saturated rings. The summed E-state index contributed by atoms with van der Waals surface area (Å²) in [6.45, 7) is 0.346. The Morgan fingerprint density at radius 2 is 1.61 bits per heavy atom. The highest BCUT2D eigenvalue weighted by Crippen LogP contribution is 2.17. The van der Waals surface area contributed by atoms with Crippen molar-refractivity contribution in [3.8, 4) is 5.75 Å². The molecule has 0 saturated heterocycles. The van der Waals surface area contributed by atoms with E-state index in [2.05, 4.69) is 10.3 Å². The van der Waals surface area contributed by atoms with Crippen LogP contribution >= 0.6 is 0 Å². The van der Waals surface area contributed by atoms with E-state index in [1.165, 1.54) is 0 Å². The molecular formula is C26H22N2O3. The molecule has 0 atom stereocenters. The van der Waals surface area contributed by atoms with Gasteiger partial charge in [0.15, 0.2) is 5.78 Å². The third-order valence-corrected chi connectivity index (χ3v) is 4.89. The number of carbonyl (C=O) groups excluding carboxylic acids is 2. The molecule has 0 unspecified atom stereocenters. The number of nitrogens with one attached hydrogen (secondary N) is 1. The van der Waals surface area contributed by atoms with Gasteiger partial charge in [0.05, 0.1) is 12.2 Å². The maximum absolute atomic E-state index is 12.3. The summed E-state index contributed by atoms with van der Waals surface area (Å²) in [7, 11) is 0. The summed E-state index contributed by atoms with van der Waals surface area (Å²) < 4.78 is 5.60. The van der Waals surface area contributed by atoms with E-state index < -0.39 is 0 Å². The molecule has 0 spiro atoms. The van der Waals surface area contributed by atoms with E-state index in [9.17, 15) is 9.59 Å². The number of pyridine rings is 1. The van der Waals surface area contributed by atoms with Gasteiger partial charge in [-0.05, 0) is 52.7 Å². The third kappa shape index (κ3) is 5.54. The van der Waals surface area contributed by atoms with E-state index in [-0.39, 0.29) is 18.3 Å². The lowest BCUT2D eigenvalue weighted by atomic mass is 10.0. The topological polar surface area (TPSA) is 68.3 Å². The largest absolute Gasteiger partial charge is 0.486 e. The molecule has 31 heavy (non-hydrogen) atoms. The van der Waals surface area contributed by atoms with Gasteiger partial charge in [-0.15, -0.1) is 0 Å². The molecule has 1 N–H and O–H groups in total. The zero-order valence-corrected chi connectivity index (χ0v) is 17.0. The van der Waals surface area contributed by atoms with Crippen molar-refractivity contribution in [1.29, 1.82) is 0 Å². The molecule has 1 heterocycles. The molecule has 5 nitrogen and oxygen atoms in total. The SMILES string of the molecule is O=C(COc1ccc(C(=O)NCc2ccccn2)cc1)Cc1ccc2ccccc2c1. The van der Waals surface area contributed by atoms with Crippen molar-refractivity contribution in [3.05, 3.63) is 108 Å². The van der Waals surface area contributed by atoms with E-state index in [0.717, 1.165) is 22.0 Å². The quantitative estimate of drug-likeness (QED) is 0.469. The lowest BCUT2D eigenvalue weighted by Gasteiger charge is -2.08. The molecule has 154 valence electrons. The lowest BCUT2D eigenvalue weighted by Crippen LogP contribution is -2.23. The Hall–Kier alpha value is -3.99. The first-order chi connectivity index (χ1) is 15.2. The fourth-order valence-corrected chi connectivity index (χ4v) is 3.27.